The number of hydrogen-bond acceptors (Lipinski definition) is 5. The summed E-state index contributed by atoms with van der Waals surface area (Å²) in [4.78, 5) is 27.6. The van der Waals surface area contributed by atoms with Gasteiger partial charge < -0.3 is 14.2 Å². The minimum atomic E-state index is -0.651. The summed E-state index contributed by atoms with van der Waals surface area (Å²) in [6.07, 6.45) is 3.16. The van der Waals surface area contributed by atoms with E-state index in [-0.39, 0.29) is 18.0 Å². The van der Waals surface area contributed by atoms with E-state index >= 15 is 0 Å². The number of carbonyl (C=O) groups excluding carboxylic acids is 2. The van der Waals surface area contributed by atoms with E-state index in [1.165, 1.54) is 6.08 Å². The third kappa shape index (κ3) is 5.03. The van der Waals surface area contributed by atoms with Gasteiger partial charge in [0.15, 0.2) is 0 Å². The Balaban J connectivity index is 1.70. The highest BCUT2D eigenvalue weighted by molar-refractivity contribution is 5.92. The normalized spacial score (nSPS) is 21.8. The lowest BCUT2D eigenvalue weighted by atomic mass is 9.61. The molecule has 6 nitrogen and oxygen atoms in total. The minimum Gasteiger partial charge on any atom is -0.484 e. The first-order valence-electron chi connectivity index (χ1n) is 13.5. The van der Waals surface area contributed by atoms with Crippen molar-refractivity contribution in [3.05, 3.63) is 108 Å². The Morgan fingerprint density at radius 1 is 1.00 bits per heavy atom. The summed E-state index contributed by atoms with van der Waals surface area (Å²) in [6, 6.07) is 26.2. The molecule has 2 heterocycles. The summed E-state index contributed by atoms with van der Waals surface area (Å²) in [6.45, 7) is 8.10. The maximum Gasteiger partial charge on any atom is 0.414 e. The van der Waals surface area contributed by atoms with E-state index in [9.17, 15) is 9.59 Å². The summed E-state index contributed by atoms with van der Waals surface area (Å²) in [7, 11) is 0. The number of rotatable bonds is 5. The second kappa shape index (κ2) is 10.6. The smallest absolute Gasteiger partial charge is 0.414 e. The van der Waals surface area contributed by atoms with Crippen LogP contribution in [0.25, 0.3) is 0 Å². The Morgan fingerprint density at radius 2 is 1.69 bits per heavy atom. The van der Waals surface area contributed by atoms with E-state index in [2.05, 4.69) is 24.3 Å². The molecule has 0 bridgehead atoms. The molecule has 0 saturated carbocycles. The molecule has 0 aliphatic carbocycles. The Morgan fingerprint density at radius 3 is 2.44 bits per heavy atom. The molecule has 1 amide bonds. The minimum absolute atomic E-state index is 0.105. The first-order chi connectivity index (χ1) is 18.7. The zero-order valence-corrected chi connectivity index (χ0v) is 22.9. The predicted octanol–water partition coefficient (Wildman–Crippen LogP) is 7.11. The molecule has 3 aromatic rings. The van der Waals surface area contributed by atoms with Crippen LogP contribution in [0.1, 0.15) is 62.8 Å². The first kappa shape index (κ1) is 26.5. The van der Waals surface area contributed by atoms with Crippen molar-refractivity contribution < 1.29 is 23.8 Å². The van der Waals surface area contributed by atoms with Crippen molar-refractivity contribution in [2.45, 2.75) is 57.2 Å². The van der Waals surface area contributed by atoms with E-state index in [1.54, 1.807) is 11.8 Å². The van der Waals surface area contributed by atoms with Gasteiger partial charge in [0.2, 0.25) is 0 Å². The number of amides is 1. The summed E-state index contributed by atoms with van der Waals surface area (Å²) in [5, 5.41) is 0. The molecule has 0 radical (unpaired) electrons. The van der Waals surface area contributed by atoms with Gasteiger partial charge in [0, 0.05) is 18.5 Å². The fourth-order valence-corrected chi connectivity index (χ4v) is 5.93. The summed E-state index contributed by atoms with van der Waals surface area (Å²) in [5.74, 6) is 0.334. The molecule has 0 unspecified atom stereocenters. The van der Waals surface area contributed by atoms with E-state index in [0.29, 0.717) is 19.6 Å². The summed E-state index contributed by atoms with van der Waals surface area (Å²) in [5.41, 5.74) is 2.61. The van der Waals surface area contributed by atoms with Crippen LogP contribution in [-0.4, -0.2) is 30.8 Å². The lowest BCUT2D eigenvalue weighted by molar-refractivity contribution is -0.137. The fraction of sp³-hybridized carbons (Fsp3) is 0.333. The maximum atomic E-state index is 13.6. The van der Waals surface area contributed by atoms with Gasteiger partial charge >= 0.3 is 12.1 Å². The SMILES string of the molecule is CCOC(=O)/C=C/C[C@@H]1c2ccccc2O[C@@H](c2ccccc2)[C@@]12CN(C(=O)OC(C)(C)C)c1ccccc12. The molecule has 0 aromatic heterocycles. The van der Waals surface area contributed by atoms with Crippen molar-refractivity contribution in [2.75, 3.05) is 18.1 Å². The Hall–Kier alpha value is -4.06. The number of anilines is 1. The number of ether oxygens (including phenoxy) is 3. The summed E-state index contributed by atoms with van der Waals surface area (Å²) >= 11 is 0. The van der Waals surface area contributed by atoms with Crippen LogP contribution >= 0.6 is 0 Å². The topological polar surface area (TPSA) is 65.1 Å². The number of allylic oxidation sites excluding steroid dienone is 1. The third-order valence-corrected chi connectivity index (χ3v) is 7.37. The highest BCUT2D eigenvalue weighted by atomic mass is 16.6. The fourth-order valence-electron chi connectivity index (χ4n) is 5.93. The molecular formula is C33H35NO5. The quantitative estimate of drug-likeness (QED) is 0.262. The number of hydrogen-bond donors (Lipinski definition) is 0. The molecule has 2 aliphatic rings. The molecule has 202 valence electrons. The van der Waals surface area contributed by atoms with E-state index in [1.807, 2.05) is 81.4 Å². The van der Waals surface area contributed by atoms with Crippen molar-refractivity contribution in [1.29, 1.82) is 0 Å². The second-order valence-corrected chi connectivity index (χ2v) is 11.0. The van der Waals surface area contributed by atoms with Crippen molar-refractivity contribution >= 4 is 17.7 Å². The number of carbonyl (C=O) groups is 2. The van der Waals surface area contributed by atoms with Crippen LogP contribution < -0.4 is 9.64 Å². The molecule has 6 heteroatoms. The Kier molecular flexibility index (Phi) is 7.21. The number of benzene rings is 3. The lowest BCUT2D eigenvalue weighted by Crippen LogP contribution is -2.50. The summed E-state index contributed by atoms with van der Waals surface area (Å²) < 4.78 is 17.9. The average Bonchev–Trinajstić information content (AvgIpc) is 3.25. The van der Waals surface area contributed by atoms with Gasteiger partial charge in [0.1, 0.15) is 17.5 Å². The van der Waals surface area contributed by atoms with Gasteiger partial charge in [-0.1, -0.05) is 72.8 Å². The van der Waals surface area contributed by atoms with E-state index < -0.39 is 17.1 Å². The second-order valence-electron chi connectivity index (χ2n) is 11.0. The number of esters is 1. The zero-order chi connectivity index (χ0) is 27.6. The van der Waals surface area contributed by atoms with Gasteiger partial charge in [0.25, 0.3) is 0 Å². The van der Waals surface area contributed by atoms with Crippen LogP contribution in [0.15, 0.2) is 91.0 Å². The molecule has 0 fully saturated rings. The van der Waals surface area contributed by atoms with Gasteiger partial charge in [-0.15, -0.1) is 0 Å². The van der Waals surface area contributed by atoms with Crippen LogP contribution in [0.3, 0.4) is 0 Å². The molecule has 1 spiro atoms. The first-order valence-corrected chi connectivity index (χ1v) is 13.5. The molecule has 3 atom stereocenters. The van der Waals surface area contributed by atoms with Crippen molar-refractivity contribution in [3.63, 3.8) is 0 Å². The standard InChI is InChI=1S/C33H35NO5/c1-5-37-29(35)21-13-18-25-24-16-9-12-20-28(24)38-30(23-14-7-6-8-15-23)33(25)22-34(31(36)39-32(2,3)4)27-19-11-10-17-26(27)33/h6-17,19-21,25,30H,5,18,22H2,1-4H3/b21-13+/t25-,30+,33+/m1/s1. The van der Waals surface area contributed by atoms with Crippen LogP contribution in [-0.2, 0) is 19.7 Å². The number of nitrogens with zero attached hydrogens (tertiary/aromatic N) is 1. The molecule has 5 rings (SSSR count). The lowest BCUT2D eigenvalue weighted by Gasteiger charge is -2.48. The number of fused-ring (bicyclic) bond motifs is 3. The van der Waals surface area contributed by atoms with Crippen LogP contribution in [0.4, 0.5) is 10.5 Å². The van der Waals surface area contributed by atoms with Gasteiger partial charge in [0.05, 0.1) is 17.7 Å². The Bertz CT molecular complexity index is 1380. The predicted molar refractivity (Wildman–Crippen MR) is 151 cm³/mol. The van der Waals surface area contributed by atoms with Crippen LogP contribution in [0.2, 0.25) is 0 Å². The highest BCUT2D eigenvalue weighted by Crippen LogP contribution is 2.61. The van der Waals surface area contributed by atoms with E-state index in [0.717, 1.165) is 28.1 Å². The molecule has 0 saturated heterocycles. The van der Waals surface area contributed by atoms with Gasteiger partial charge in [-0.25, -0.2) is 9.59 Å². The Labute approximate surface area is 230 Å². The molecule has 0 N–H and O–H groups in total. The van der Waals surface area contributed by atoms with Gasteiger partial charge in [-0.2, -0.15) is 0 Å². The largest absolute Gasteiger partial charge is 0.484 e. The highest BCUT2D eigenvalue weighted by Gasteiger charge is 2.59. The zero-order valence-electron chi connectivity index (χ0n) is 22.9. The number of para-hydroxylation sites is 2. The third-order valence-electron chi connectivity index (χ3n) is 7.37. The van der Waals surface area contributed by atoms with E-state index in [4.69, 9.17) is 14.2 Å². The van der Waals surface area contributed by atoms with Crippen LogP contribution in [0.5, 0.6) is 5.75 Å². The van der Waals surface area contributed by atoms with Crippen molar-refractivity contribution in [2.24, 2.45) is 0 Å². The van der Waals surface area contributed by atoms with Gasteiger partial charge in [-0.3, -0.25) is 4.90 Å². The average molecular weight is 526 g/mol. The molecular weight excluding hydrogens is 490 g/mol. The van der Waals surface area contributed by atoms with Crippen molar-refractivity contribution in [1.82, 2.24) is 0 Å². The maximum absolute atomic E-state index is 13.6. The van der Waals surface area contributed by atoms with Gasteiger partial charge in [-0.05, 0) is 62.9 Å². The molecule has 2 aliphatic heterocycles. The monoisotopic (exact) mass is 525 g/mol. The van der Waals surface area contributed by atoms with Crippen LogP contribution in [0, 0.1) is 0 Å². The molecule has 3 aromatic carbocycles. The molecule has 39 heavy (non-hydrogen) atoms. The van der Waals surface area contributed by atoms with Crippen molar-refractivity contribution in [3.8, 4) is 5.75 Å².